The second-order valence-corrected chi connectivity index (χ2v) is 3.06. The van der Waals surface area contributed by atoms with Crippen molar-refractivity contribution in [3.63, 3.8) is 0 Å². The lowest BCUT2D eigenvalue weighted by molar-refractivity contribution is 0.164. The fraction of sp³-hybridized carbons (Fsp3) is 0.455. The Bertz CT molecular complexity index is 276. The molecule has 0 bridgehead atoms. The van der Waals surface area contributed by atoms with Crippen LogP contribution in [0.5, 0.6) is 5.75 Å². The highest BCUT2D eigenvalue weighted by atomic mass is 16.5. The van der Waals surface area contributed by atoms with E-state index in [-0.39, 0.29) is 0 Å². The van der Waals surface area contributed by atoms with Gasteiger partial charge in [0.05, 0.1) is 12.7 Å². The predicted molar refractivity (Wildman–Crippen MR) is 56.2 cm³/mol. The minimum absolute atomic E-state index is 0.474. The monoisotopic (exact) mass is 195 g/mol. The average Bonchev–Trinajstić information content (AvgIpc) is 2.19. The van der Waals surface area contributed by atoms with E-state index in [1.807, 2.05) is 31.2 Å². The van der Waals surface area contributed by atoms with Gasteiger partial charge in [0.2, 0.25) is 0 Å². The van der Waals surface area contributed by atoms with Crippen molar-refractivity contribution < 1.29 is 9.84 Å². The Morgan fingerprint density at radius 2 is 2.14 bits per heavy atom. The summed E-state index contributed by atoms with van der Waals surface area (Å²) >= 11 is 0. The minimum Gasteiger partial charge on any atom is -0.493 e. The molecule has 78 valence electrons. The van der Waals surface area contributed by atoms with Gasteiger partial charge in [0.1, 0.15) is 5.75 Å². The largest absolute Gasteiger partial charge is 0.493 e. The van der Waals surface area contributed by atoms with Crippen molar-refractivity contribution in [1.29, 1.82) is 0 Å². The molecule has 0 aliphatic rings. The van der Waals surface area contributed by atoms with Gasteiger partial charge in [-0.2, -0.15) is 0 Å². The maximum Gasteiger partial charge on any atom is 0.125 e. The van der Waals surface area contributed by atoms with Crippen molar-refractivity contribution in [2.75, 3.05) is 13.2 Å². The molecular weight excluding hydrogens is 178 g/mol. The van der Waals surface area contributed by atoms with Gasteiger partial charge in [-0.15, -0.1) is 0 Å². The minimum atomic E-state index is -0.525. The van der Waals surface area contributed by atoms with E-state index in [9.17, 15) is 5.11 Å². The van der Waals surface area contributed by atoms with Crippen molar-refractivity contribution in [2.24, 2.45) is 5.73 Å². The number of aliphatic hydroxyl groups is 1. The molecular formula is C11H17NO2. The fourth-order valence-electron chi connectivity index (χ4n) is 1.36. The molecule has 0 unspecified atom stereocenters. The Kier molecular flexibility index (Phi) is 4.43. The van der Waals surface area contributed by atoms with Crippen LogP contribution < -0.4 is 10.5 Å². The van der Waals surface area contributed by atoms with Crippen molar-refractivity contribution in [3.05, 3.63) is 29.8 Å². The second kappa shape index (κ2) is 5.62. The molecule has 0 heterocycles. The zero-order chi connectivity index (χ0) is 10.4. The average molecular weight is 195 g/mol. The lowest BCUT2D eigenvalue weighted by Crippen LogP contribution is -2.08. The number of hydrogen-bond donors (Lipinski definition) is 2. The maximum absolute atomic E-state index is 9.77. The number of hydrogen-bond acceptors (Lipinski definition) is 3. The summed E-state index contributed by atoms with van der Waals surface area (Å²) in [6.07, 6.45) is 0.0344. The summed E-state index contributed by atoms with van der Waals surface area (Å²) in [5, 5.41) is 9.77. The second-order valence-electron chi connectivity index (χ2n) is 3.06. The van der Waals surface area contributed by atoms with E-state index in [1.165, 1.54) is 0 Å². The molecule has 0 saturated heterocycles. The van der Waals surface area contributed by atoms with Crippen LogP contribution in [0, 0.1) is 0 Å². The molecule has 1 rings (SSSR count). The quantitative estimate of drug-likeness (QED) is 0.748. The number of aliphatic hydroxyl groups excluding tert-OH is 1. The summed E-state index contributed by atoms with van der Waals surface area (Å²) in [5.74, 6) is 0.746. The van der Waals surface area contributed by atoms with Crippen LogP contribution in [-0.2, 0) is 0 Å². The Morgan fingerprint density at radius 3 is 2.79 bits per heavy atom. The molecule has 3 heteroatoms. The number of benzene rings is 1. The van der Waals surface area contributed by atoms with Crippen LogP contribution in [0.3, 0.4) is 0 Å². The van der Waals surface area contributed by atoms with E-state index in [0.29, 0.717) is 19.6 Å². The fourth-order valence-corrected chi connectivity index (χ4v) is 1.36. The third-order valence-corrected chi connectivity index (χ3v) is 2.02. The first kappa shape index (κ1) is 11.0. The molecule has 0 fully saturated rings. The molecule has 14 heavy (non-hydrogen) atoms. The normalized spacial score (nSPS) is 12.5. The number of ether oxygens (including phenoxy) is 1. The van der Waals surface area contributed by atoms with Crippen molar-refractivity contribution in [1.82, 2.24) is 0 Å². The van der Waals surface area contributed by atoms with Gasteiger partial charge in [0, 0.05) is 5.56 Å². The first-order chi connectivity index (χ1) is 6.79. The first-order valence-electron chi connectivity index (χ1n) is 4.89. The first-order valence-corrected chi connectivity index (χ1v) is 4.89. The molecule has 1 aromatic carbocycles. The molecule has 0 aromatic heterocycles. The Hall–Kier alpha value is -1.06. The molecule has 0 saturated carbocycles. The molecule has 3 nitrogen and oxygen atoms in total. The standard InChI is InChI=1S/C11H17NO2/c1-2-14-11-6-4-3-5-9(11)10(13)7-8-12/h3-6,10,13H,2,7-8,12H2,1H3/t10-/m0/s1. The number of rotatable bonds is 5. The van der Waals surface area contributed by atoms with E-state index in [0.717, 1.165) is 11.3 Å². The predicted octanol–water partition coefficient (Wildman–Crippen LogP) is 1.47. The van der Waals surface area contributed by atoms with E-state index in [4.69, 9.17) is 10.5 Å². The molecule has 0 amide bonds. The van der Waals surface area contributed by atoms with Gasteiger partial charge in [-0.3, -0.25) is 0 Å². The molecule has 0 spiro atoms. The van der Waals surface area contributed by atoms with Crippen LogP contribution in [0.2, 0.25) is 0 Å². The van der Waals surface area contributed by atoms with Crippen LogP contribution in [0.1, 0.15) is 25.0 Å². The van der Waals surface area contributed by atoms with Gasteiger partial charge in [-0.1, -0.05) is 18.2 Å². The molecule has 0 aliphatic heterocycles. The van der Waals surface area contributed by atoms with Gasteiger partial charge in [-0.25, -0.2) is 0 Å². The summed E-state index contributed by atoms with van der Waals surface area (Å²) < 4.78 is 5.40. The van der Waals surface area contributed by atoms with Crippen molar-refractivity contribution in [3.8, 4) is 5.75 Å². The van der Waals surface area contributed by atoms with E-state index in [1.54, 1.807) is 0 Å². The summed E-state index contributed by atoms with van der Waals surface area (Å²) in [7, 11) is 0. The van der Waals surface area contributed by atoms with E-state index in [2.05, 4.69) is 0 Å². The third kappa shape index (κ3) is 2.72. The van der Waals surface area contributed by atoms with E-state index >= 15 is 0 Å². The third-order valence-electron chi connectivity index (χ3n) is 2.02. The van der Waals surface area contributed by atoms with Gasteiger partial charge in [0.25, 0.3) is 0 Å². The summed E-state index contributed by atoms with van der Waals surface area (Å²) in [6, 6.07) is 7.51. The highest BCUT2D eigenvalue weighted by Gasteiger charge is 2.11. The van der Waals surface area contributed by atoms with Gasteiger partial charge < -0.3 is 15.6 Å². The molecule has 0 aliphatic carbocycles. The Balaban J connectivity index is 2.82. The zero-order valence-corrected chi connectivity index (χ0v) is 8.44. The summed E-state index contributed by atoms with van der Waals surface area (Å²) in [4.78, 5) is 0. The summed E-state index contributed by atoms with van der Waals surface area (Å²) in [5.41, 5.74) is 6.21. The van der Waals surface area contributed by atoms with Crippen molar-refractivity contribution in [2.45, 2.75) is 19.4 Å². The molecule has 1 aromatic rings. The zero-order valence-electron chi connectivity index (χ0n) is 8.44. The van der Waals surface area contributed by atoms with Crippen LogP contribution >= 0.6 is 0 Å². The van der Waals surface area contributed by atoms with Gasteiger partial charge in [0.15, 0.2) is 0 Å². The summed E-state index contributed by atoms with van der Waals surface area (Å²) in [6.45, 7) is 3.00. The van der Waals surface area contributed by atoms with Crippen molar-refractivity contribution >= 4 is 0 Å². The van der Waals surface area contributed by atoms with Crippen LogP contribution in [0.25, 0.3) is 0 Å². The smallest absolute Gasteiger partial charge is 0.125 e. The molecule has 0 radical (unpaired) electrons. The number of nitrogens with two attached hydrogens (primary N) is 1. The van der Waals surface area contributed by atoms with Crippen LogP contribution in [0.4, 0.5) is 0 Å². The Labute approximate surface area is 84.5 Å². The van der Waals surface area contributed by atoms with Crippen LogP contribution in [0.15, 0.2) is 24.3 Å². The highest BCUT2D eigenvalue weighted by molar-refractivity contribution is 5.35. The lowest BCUT2D eigenvalue weighted by atomic mass is 10.1. The topological polar surface area (TPSA) is 55.5 Å². The van der Waals surface area contributed by atoms with E-state index < -0.39 is 6.10 Å². The van der Waals surface area contributed by atoms with Gasteiger partial charge >= 0.3 is 0 Å². The highest BCUT2D eigenvalue weighted by Crippen LogP contribution is 2.26. The maximum atomic E-state index is 9.77. The SMILES string of the molecule is CCOc1ccccc1[C@@H](O)CCN. The molecule has 1 atom stereocenters. The lowest BCUT2D eigenvalue weighted by Gasteiger charge is -2.14. The molecule has 3 N–H and O–H groups in total. The number of para-hydroxylation sites is 1. The Morgan fingerprint density at radius 1 is 1.43 bits per heavy atom. The van der Waals surface area contributed by atoms with Crippen LogP contribution in [-0.4, -0.2) is 18.3 Å². The van der Waals surface area contributed by atoms with Gasteiger partial charge in [-0.05, 0) is 26.0 Å².